The minimum atomic E-state index is -3.90. The molecule has 1 N–H and O–H groups in total. The largest absolute Gasteiger partial charge is 0.497 e. The summed E-state index contributed by atoms with van der Waals surface area (Å²) in [5, 5.41) is 2.95. The van der Waals surface area contributed by atoms with Gasteiger partial charge in [0.2, 0.25) is 26.6 Å². The monoisotopic (exact) mass is 512 g/mol. The highest BCUT2D eigenvalue weighted by Crippen LogP contribution is 2.33. The first-order valence-electron chi connectivity index (χ1n) is 9.82. The number of oxazole rings is 1. The van der Waals surface area contributed by atoms with Crippen molar-refractivity contribution in [3.05, 3.63) is 88.4 Å². The second kappa shape index (κ2) is 9.18. The molecule has 0 atom stereocenters. The number of methoxy groups -OCH3 is 1. The van der Waals surface area contributed by atoms with E-state index in [1.165, 1.54) is 12.1 Å². The highest BCUT2D eigenvalue weighted by Gasteiger charge is 2.28. The topological polar surface area (TPSA) is 81.4 Å². The van der Waals surface area contributed by atoms with Gasteiger partial charge in [-0.25, -0.2) is 8.42 Å². The zero-order chi connectivity index (χ0) is 22.7. The fraction of sp³-hybridized carbons (Fsp3) is 0.125. The molecule has 0 spiro atoms. The molecule has 0 radical (unpaired) electrons. The van der Waals surface area contributed by atoms with E-state index in [1.807, 2.05) is 55.5 Å². The van der Waals surface area contributed by atoms with Gasteiger partial charge >= 0.3 is 0 Å². The molecule has 0 aliphatic carbocycles. The lowest BCUT2D eigenvalue weighted by Crippen LogP contribution is -2.07. The van der Waals surface area contributed by atoms with Gasteiger partial charge in [0, 0.05) is 16.6 Å². The fourth-order valence-corrected chi connectivity index (χ4v) is 4.61. The molecule has 0 bridgehead atoms. The summed E-state index contributed by atoms with van der Waals surface area (Å²) in [5.74, 6) is 1.07. The maximum atomic E-state index is 13.4. The van der Waals surface area contributed by atoms with Gasteiger partial charge in [0.05, 0.1) is 12.0 Å². The van der Waals surface area contributed by atoms with E-state index in [-0.39, 0.29) is 21.7 Å². The number of ether oxygens (including phenoxy) is 1. The minimum Gasteiger partial charge on any atom is -0.497 e. The molecule has 1 aromatic heterocycles. The van der Waals surface area contributed by atoms with Crippen LogP contribution in [0.1, 0.15) is 11.1 Å². The number of halogens is 1. The Kier molecular flexibility index (Phi) is 6.34. The first-order chi connectivity index (χ1) is 15.4. The van der Waals surface area contributed by atoms with Crippen molar-refractivity contribution in [3.63, 3.8) is 0 Å². The summed E-state index contributed by atoms with van der Waals surface area (Å²) in [6.45, 7) is 2.33. The molecule has 8 heteroatoms. The first-order valence-corrected chi connectivity index (χ1v) is 12.1. The first kappa shape index (κ1) is 22.1. The van der Waals surface area contributed by atoms with Crippen molar-refractivity contribution in [1.82, 2.24) is 4.98 Å². The van der Waals surface area contributed by atoms with Crippen LogP contribution in [-0.2, 0) is 16.4 Å². The van der Waals surface area contributed by atoms with E-state index in [2.05, 4.69) is 26.2 Å². The molecule has 0 saturated carbocycles. The highest BCUT2D eigenvalue weighted by atomic mass is 79.9. The number of sulfone groups is 1. The van der Waals surface area contributed by atoms with Crippen LogP contribution in [0.2, 0.25) is 0 Å². The van der Waals surface area contributed by atoms with Gasteiger partial charge in [0.1, 0.15) is 5.75 Å². The Labute approximate surface area is 195 Å². The quantitative estimate of drug-likeness (QED) is 0.333. The Bertz CT molecular complexity index is 1310. The van der Waals surface area contributed by atoms with Crippen LogP contribution >= 0.6 is 15.9 Å². The zero-order valence-corrected chi connectivity index (χ0v) is 19.9. The Hall–Kier alpha value is -3.10. The van der Waals surface area contributed by atoms with Crippen LogP contribution in [0.3, 0.4) is 0 Å². The predicted molar refractivity (Wildman–Crippen MR) is 127 cm³/mol. The highest BCUT2D eigenvalue weighted by molar-refractivity contribution is 9.10. The van der Waals surface area contributed by atoms with Crippen molar-refractivity contribution in [2.75, 3.05) is 12.4 Å². The molecule has 0 unspecified atom stereocenters. The summed E-state index contributed by atoms with van der Waals surface area (Å²) < 4.78 is 38.6. The average Bonchev–Trinajstić information content (AvgIpc) is 3.24. The van der Waals surface area contributed by atoms with E-state index in [9.17, 15) is 8.42 Å². The Morgan fingerprint density at radius 1 is 0.969 bits per heavy atom. The van der Waals surface area contributed by atoms with Crippen molar-refractivity contribution in [2.45, 2.75) is 23.4 Å². The van der Waals surface area contributed by atoms with Crippen LogP contribution < -0.4 is 10.1 Å². The number of benzene rings is 3. The van der Waals surface area contributed by atoms with Crippen molar-refractivity contribution in [1.29, 1.82) is 0 Å². The van der Waals surface area contributed by atoms with Crippen molar-refractivity contribution in [3.8, 4) is 17.2 Å². The van der Waals surface area contributed by atoms with Crippen LogP contribution in [0, 0.1) is 6.92 Å². The summed E-state index contributed by atoms with van der Waals surface area (Å²) in [4.78, 5) is 4.51. The normalized spacial score (nSPS) is 11.3. The average molecular weight is 513 g/mol. The van der Waals surface area contributed by atoms with Gasteiger partial charge in [-0.2, -0.15) is 4.98 Å². The van der Waals surface area contributed by atoms with Crippen LogP contribution in [-0.4, -0.2) is 20.5 Å². The molecule has 0 fully saturated rings. The molecular formula is C24H21BrN2O4S. The van der Waals surface area contributed by atoms with Gasteiger partial charge in [-0.1, -0.05) is 45.8 Å². The summed E-state index contributed by atoms with van der Waals surface area (Å²) >= 11 is 3.33. The Balaban J connectivity index is 1.72. The SMILES string of the molecule is COc1ccc(CNc2oc(-c3ccc(C)cc3)nc2S(=O)(=O)c2ccc(Br)cc2)cc1. The van der Waals surface area contributed by atoms with Crippen LogP contribution in [0.5, 0.6) is 5.75 Å². The van der Waals surface area contributed by atoms with Gasteiger partial charge in [-0.15, -0.1) is 0 Å². The molecule has 0 aliphatic rings. The number of aromatic nitrogens is 1. The second-order valence-electron chi connectivity index (χ2n) is 7.18. The van der Waals surface area contributed by atoms with Gasteiger partial charge in [0.15, 0.2) is 0 Å². The van der Waals surface area contributed by atoms with Gasteiger partial charge < -0.3 is 14.5 Å². The van der Waals surface area contributed by atoms with E-state index >= 15 is 0 Å². The zero-order valence-electron chi connectivity index (χ0n) is 17.5. The summed E-state index contributed by atoms with van der Waals surface area (Å²) in [6, 6.07) is 21.5. The second-order valence-corrected chi connectivity index (χ2v) is 9.96. The van der Waals surface area contributed by atoms with E-state index in [0.717, 1.165) is 21.3 Å². The Morgan fingerprint density at radius 2 is 1.62 bits per heavy atom. The van der Waals surface area contributed by atoms with Crippen LogP contribution in [0.25, 0.3) is 11.5 Å². The third-order valence-electron chi connectivity index (χ3n) is 4.89. The predicted octanol–water partition coefficient (Wildman–Crippen LogP) is 5.87. The lowest BCUT2D eigenvalue weighted by atomic mass is 10.1. The van der Waals surface area contributed by atoms with E-state index in [0.29, 0.717) is 12.1 Å². The number of nitrogens with zero attached hydrogens (tertiary/aromatic N) is 1. The van der Waals surface area contributed by atoms with Crippen molar-refractivity contribution < 1.29 is 17.6 Å². The number of hydrogen-bond donors (Lipinski definition) is 1. The maximum Gasteiger partial charge on any atom is 0.234 e. The van der Waals surface area contributed by atoms with Crippen LogP contribution in [0.15, 0.2) is 91.6 Å². The van der Waals surface area contributed by atoms with Crippen molar-refractivity contribution in [2.24, 2.45) is 0 Å². The molecule has 0 amide bonds. The number of rotatable bonds is 7. The fourth-order valence-electron chi connectivity index (χ4n) is 3.07. The number of aryl methyl sites for hydroxylation is 1. The molecule has 4 rings (SSSR count). The molecule has 164 valence electrons. The number of anilines is 1. The smallest absolute Gasteiger partial charge is 0.234 e. The van der Waals surface area contributed by atoms with Crippen molar-refractivity contribution >= 4 is 31.7 Å². The van der Waals surface area contributed by atoms with Gasteiger partial charge in [0.25, 0.3) is 0 Å². The molecule has 3 aromatic carbocycles. The van der Waals surface area contributed by atoms with Gasteiger partial charge in [-0.3, -0.25) is 0 Å². The van der Waals surface area contributed by atoms with E-state index < -0.39 is 9.84 Å². The standard InChI is InChI=1S/C24H21BrN2O4S/c1-16-3-7-18(8-4-16)22-27-24(32(28,29)21-13-9-19(25)10-14-21)23(31-22)26-15-17-5-11-20(30-2)12-6-17/h3-14,26H,15H2,1-2H3. The minimum absolute atomic E-state index is 0.0966. The third kappa shape index (κ3) is 4.71. The lowest BCUT2D eigenvalue weighted by molar-refractivity contribution is 0.414. The molecule has 6 nitrogen and oxygen atoms in total. The molecule has 32 heavy (non-hydrogen) atoms. The molecular weight excluding hydrogens is 492 g/mol. The molecule has 1 heterocycles. The molecule has 0 aliphatic heterocycles. The lowest BCUT2D eigenvalue weighted by Gasteiger charge is -2.07. The Morgan fingerprint density at radius 3 is 2.25 bits per heavy atom. The van der Waals surface area contributed by atoms with Gasteiger partial charge in [-0.05, 0) is 61.0 Å². The number of hydrogen-bond acceptors (Lipinski definition) is 6. The summed E-state index contributed by atoms with van der Waals surface area (Å²) in [7, 11) is -2.30. The van der Waals surface area contributed by atoms with Crippen LogP contribution in [0.4, 0.5) is 5.88 Å². The maximum absolute atomic E-state index is 13.4. The molecule has 0 saturated heterocycles. The summed E-state index contributed by atoms with van der Waals surface area (Å²) in [6.07, 6.45) is 0. The third-order valence-corrected chi connectivity index (χ3v) is 7.09. The number of nitrogens with one attached hydrogen (secondary N) is 1. The van der Waals surface area contributed by atoms with E-state index in [4.69, 9.17) is 9.15 Å². The molecule has 4 aromatic rings. The summed E-state index contributed by atoms with van der Waals surface area (Å²) in [5.41, 5.74) is 2.72. The van der Waals surface area contributed by atoms with E-state index in [1.54, 1.807) is 19.2 Å².